The number of carbonyl (C=O) groups excluding carboxylic acids is 2. The maximum atomic E-state index is 12.2. The number of hydrogen-bond donors (Lipinski definition) is 2. The molecule has 1 aliphatic carbocycles. The van der Waals surface area contributed by atoms with Gasteiger partial charge in [0.25, 0.3) is 0 Å². The van der Waals surface area contributed by atoms with Crippen LogP contribution in [0, 0.1) is 0 Å². The Morgan fingerprint density at radius 2 is 1.39 bits per heavy atom. The number of rotatable bonds is 15. The molecule has 5 nitrogen and oxygen atoms in total. The fraction of sp³-hybridized carbons (Fsp3) is 0.432. The summed E-state index contributed by atoms with van der Waals surface area (Å²) in [5, 5.41) is 2.67. The van der Waals surface area contributed by atoms with E-state index in [4.69, 9.17) is 14.5 Å². The quantitative estimate of drug-likeness (QED) is 0.0762. The molecular weight excluding hydrogens is 587 g/mol. The number of ether oxygens (including phenoxy) is 2. The molecule has 0 aliphatic heterocycles. The Labute approximate surface area is 273 Å². The van der Waals surface area contributed by atoms with Crippen molar-refractivity contribution in [2.45, 2.75) is 76.0 Å². The molecule has 1 saturated carbocycles. The first-order chi connectivity index (χ1) is 21.3. The van der Waals surface area contributed by atoms with E-state index in [1.165, 1.54) is 46.7 Å². The van der Waals surface area contributed by atoms with Crippen LogP contribution in [0.2, 0.25) is 0 Å². The number of aromatic nitrogens is 1. The Bertz CT molecular complexity index is 1410. The zero-order valence-electron chi connectivity index (χ0n) is 25.8. The first-order valence-electron chi connectivity index (χ1n) is 15.7. The number of hydrogen-bond acceptors (Lipinski definition) is 7. The van der Waals surface area contributed by atoms with Crippen molar-refractivity contribution in [3.05, 3.63) is 101 Å². The van der Waals surface area contributed by atoms with Crippen LogP contribution in [0.4, 0.5) is 0 Å². The lowest BCUT2D eigenvalue weighted by atomic mass is 9.76. The van der Waals surface area contributed by atoms with Crippen molar-refractivity contribution in [3.63, 3.8) is 0 Å². The fourth-order valence-corrected chi connectivity index (χ4v) is 6.12. The molecule has 44 heavy (non-hydrogen) atoms. The van der Waals surface area contributed by atoms with Gasteiger partial charge in [0.15, 0.2) is 0 Å². The van der Waals surface area contributed by atoms with Crippen LogP contribution < -0.4 is 0 Å². The van der Waals surface area contributed by atoms with Gasteiger partial charge in [-0.15, -0.1) is 0 Å². The van der Waals surface area contributed by atoms with Crippen molar-refractivity contribution in [1.29, 1.82) is 0 Å². The van der Waals surface area contributed by atoms with E-state index >= 15 is 0 Å². The summed E-state index contributed by atoms with van der Waals surface area (Å²) in [4.78, 5) is 29.1. The molecule has 7 heteroatoms. The standard InChI is InChI=1S/C37H45NO4S2/c1-4-5-6-7-27-8-9-32-19-31(15-14-30(32)18-27)28-10-12-29(13-11-28)33-16-17-35(38-20-33)34(21-41-36(39)25(2)23-43)22-42-37(40)26(3)24-44/h8-9,14-20,28-29,34,43-44H,2-7,10-13,21-24H2,1H3. The summed E-state index contributed by atoms with van der Waals surface area (Å²) in [6, 6.07) is 18.0. The van der Waals surface area contributed by atoms with E-state index in [2.05, 4.69) is 87.8 Å². The summed E-state index contributed by atoms with van der Waals surface area (Å²) in [6.45, 7) is 9.62. The highest BCUT2D eigenvalue weighted by molar-refractivity contribution is 7.80. The van der Waals surface area contributed by atoms with Crippen molar-refractivity contribution in [2.75, 3.05) is 24.7 Å². The molecule has 0 bridgehead atoms. The molecule has 1 aromatic heterocycles. The average Bonchev–Trinajstić information content (AvgIpc) is 3.07. The van der Waals surface area contributed by atoms with E-state index in [1.807, 2.05) is 12.3 Å². The maximum Gasteiger partial charge on any atom is 0.334 e. The molecule has 0 amide bonds. The second-order valence-electron chi connectivity index (χ2n) is 11.9. The number of carbonyl (C=O) groups is 2. The van der Waals surface area contributed by atoms with Crippen LogP contribution in [0.5, 0.6) is 0 Å². The highest BCUT2D eigenvalue weighted by atomic mass is 32.1. The van der Waals surface area contributed by atoms with Crippen molar-refractivity contribution < 1.29 is 19.1 Å². The van der Waals surface area contributed by atoms with E-state index in [-0.39, 0.29) is 35.9 Å². The number of pyridine rings is 1. The normalized spacial score (nSPS) is 16.5. The van der Waals surface area contributed by atoms with Gasteiger partial charge in [-0.3, -0.25) is 4.98 Å². The monoisotopic (exact) mass is 631 g/mol. The highest BCUT2D eigenvalue weighted by Crippen LogP contribution is 2.41. The van der Waals surface area contributed by atoms with Crippen LogP contribution in [0.3, 0.4) is 0 Å². The van der Waals surface area contributed by atoms with Gasteiger partial charge in [0.2, 0.25) is 0 Å². The second kappa shape index (κ2) is 16.9. The molecular formula is C37H45NO4S2. The third-order valence-corrected chi connectivity index (χ3v) is 9.45. The third-order valence-electron chi connectivity index (χ3n) is 8.69. The molecule has 0 N–H and O–H groups in total. The summed E-state index contributed by atoms with van der Waals surface area (Å²) in [7, 11) is 0. The number of esters is 2. The molecule has 234 valence electrons. The third kappa shape index (κ3) is 9.24. The fourth-order valence-electron chi connectivity index (χ4n) is 5.87. The molecule has 1 aliphatic rings. The number of unbranched alkanes of at least 4 members (excludes halogenated alkanes) is 2. The zero-order chi connectivity index (χ0) is 31.5. The van der Waals surface area contributed by atoms with Crippen molar-refractivity contribution in [2.24, 2.45) is 0 Å². The molecule has 1 fully saturated rings. The number of thiol groups is 2. The van der Waals surface area contributed by atoms with Crippen molar-refractivity contribution >= 4 is 48.0 Å². The first kappa shape index (κ1) is 33.9. The Balaban J connectivity index is 1.36. The van der Waals surface area contributed by atoms with Crippen LogP contribution >= 0.6 is 25.3 Å². The van der Waals surface area contributed by atoms with Gasteiger partial charge in [0, 0.05) is 28.8 Å². The van der Waals surface area contributed by atoms with Gasteiger partial charge in [-0.1, -0.05) is 75.4 Å². The Hall–Kier alpha value is -3.03. The van der Waals surface area contributed by atoms with Crippen molar-refractivity contribution in [1.82, 2.24) is 4.98 Å². The van der Waals surface area contributed by atoms with Gasteiger partial charge in [0.1, 0.15) is 13.2 Å². The van der Waals surface area contributed by atoms with Crippen molar-refractivity contribution in [3.8, 4) is 0 Å². The van der Waals surface area contributed by atoms with Crippen LogP contribution in [0.1, 0.15) is 92.0 Å². The lowest BCUT2D eigenvalue weighted by Crippen LogP contribution is -2.22. The van der Waals surface area contributed by atoms with E-state index in [1.54, 1.807) is 0 Å². The summed E-state index contributed by atoms with van der Waals surface area (Å²) in [5.74, 6) is -0.0444. The second-order valence-corrected chi connectivity index (χ2v) is 12.5. The lowest BCUT2D eigenvalue weighted by molar-refractivity contribution is -0.142. The molecule has 4 rings (SSSR count). The van der Waals surface area contributed by atoms with Gasteiger partial charge in [0.05, 0.1) is 11.6 Å². The van der Waals surface area contributed by atoms with Crippen LogP contribution in [0.15, 0.2) is 79.0 Å². The summed E-state index contributed by atoms with van der Waals surface area (Å²) >= 11 is 8.18. The predicted molar refractivity (Wildman–Crippen MR) is 186 cm³/mol. The van der Waals surface area contributed by atoms with E-state index in [0.717, 1.165) is 32.1 Å². The number of aryl methyl sites for hydroxylation is 1. The number of fused-ring (bicyclic) bond motifs is 1. The van der Waals surface area contributed by atoms with E-state index < -0.39 is 17.9 Å². The highest BCUT2D eigenvalue weighted by Gasteiger charge is 2.25. The largest absolute Gasteiger partial charge is 0.461 e. The summed E-state index contributed by atoms with van der Waals surface area (Å²) < 4.78 is 10.9. The minimum absolute atomic E-state index is 0.00957. The first-order valence-corrected chi connectivity index (χ1v) is 17.0. The van der Waals surface area contributed by atoms with Gasteiger partial charge >= 0.3 is 11.9 Å². The SMILES string of the molecule is C=C(CS)C(=O)OCC(COC(=O)C(=C)CS)c1ccc(C2CCC(c3ccc4cc(CCCCC)ccc4c3)CC2)cn1. The molecule has 2 aromatic carbocycles. The number of benzene rings is 2. The maximum absolute atomic E-state index is 12.2. The molecule has 0 unspecified atom stereocenters. The molecule has 0 atom stereocenters. The molecule has 1 heterocycles. The van der Waals surface area contributed by atoms with E-state index in [9.17, 15) is 9.59 Å². The molecule has 0 saturated heterocycles. The Morgan fingerprint density at radius 3 is 1.95 bits per heavy atom. The zero-order valence-corrected chi connectivity index (χ0v) is 27.6. The minimum Gasteiger partial charge on any atom is -0.461 e. The van der Waals surface area contributed by atoms with Crippen LogP contribution in [-0.4, -0.2) is 41.6 Å². The van der Waals surface area contributed by atoms with Gasteiger partial charge in [-0.2, -0.15) is 25.3 Å². The minimum atomic E-state index is -0.525. The topological polar surface area (TPSA) is 65.5 Å². The molecule has 0 radical (unpaired) electrons. The number of nitrogens with zero attached hydrogens (tertiary/aromatic N) is 1. The molecule has 3 aromatic rings. The smallest absolute Gasteiger partial charge is 0.334 e. The van der Waals surface area contributed by atoms with Gasteiger partial charge in [-0.25, -0.2) is 9.59 Å². The predicted octanol–water partition coefficient (Wildman–Crippen LogP) is 8.55. The molecule has 0 spiro atoms. The summed E-state index contributed by atoms with van der Waals surface area (Å²) in [5.41, 5.74) is 5.31. The Morgan fingerprint density at radius 1 is 0.818 bits per heavy atom. The van der Waals surface area contributed by atoms with E-state index in [0.29, 0.717) is 17.5 Å². The van der Waals surface area contributed by atoms with Gasteiger partial charge in [-0.05, 0) is 83.9 Å². The Kier molecular flexibility index (Phi) is 13.0. The van der Waals surface area contributed by atoms with Crippen LogP contribution in [0.25, 0.3) is 10.8 Å². The lowest BCUT2D eigenvalue weighted by Gasteiger charge is -2.29. The van der Waals surface area contributed by atoms with Crippen LogP contribution in [-0.2, 0) is 25.5 Å². The average molecular weight is 632 g/mol. The van der Waals surface area contributed by atoms with Gasteiger partial charge < -0.3 is 9.47 Å². The summed E-state index contributed by atoms with van der Waals surface area (Å²) in [6.07, 6.45) is 11.4.